The normalized spacial score (nSPS) is 11.0. The van der Waals surface area contributed by atoms with E-state index in [4.69, 9.17) is 14.2 Å². The maximum absolute atomic E-state index is 13.0. The Bertz CT molecular complexity index is 1340. The van der Waals surface area contributed by atoms with Gasteiger partial charge in [-0.15, -0.1) is 0 Å². The van der Waals surface area contributed by atoms with Crippen molar-refractivity contribution in [2.45, 2.75) is 19.5 Å². The molecule has 9 heteroatoms. The van der Waals surface area contributed by atoms with Gasteiger partial charge < -0.3 is 24.5 Å². The number of aromatic amines is 1. The molecule has 0 aliphatic carbocycles. The minimum absolute atomic E-state index is 0.143. The number of rotatable bonds is 8. The lowest BCUT2D eigenvalue weighted by Gasteiger charge is -2.10. The fourth-order valence-electron chi connectivity index (χ4n) is 3.63. The number of methoxy groups -OCH3 is 3. The van der Waals surface area contributed by atoms with Crippen LogP contribution in [0.5, 0.6) is 17.2 Å². The lowest BCUT2D eigenvalue weighted by Crippen LogP contribution is -2.27. The smallest absolute Gasteiger partial charge is 0.277 e. The molecule has 2 aromatic heterocycles. The van der Waals surface area contributed by atoms with Crippen molar-refractivity contribution in [3.8, 4) is 17.2 Å². The molecule has 2 N–H and O–H groups in total. The van der Waals surface area contributed by atoms with Crippen molar-refractivity contribution in [2.24, 2.45) is 0 Å². The summed E-state index contributed by atoms with van der Waals surface area (Å²) in [4.78, 5) is 32.8. The van der Waals surface area contributed by atoms with Gasteiger partial charge in [-0.25, -0.2) is 4.98 Å². The fourth-order valence-corrected chi connectivity index (χ4v) is 3.63. The molecule has 0 radical (unpaired) electrons. The number of hydrogen-bond donors (Lipinski definition) is 2. The highest BCUT2D eigenvalue weighted by atomic mass is 16.5. The van der Waals surface area contributed by atoms with E-state index in [-0.39, 0.29) is 24.4 Å². The van der Waals surface area contributed by atoms with Crippen molar-refractivity contribution >= 4 is 27.8 Å². The zero-order valence-electron chi connectivity index (χ0n) is 18.1. The number of hydrogen-bond acceptors (Lipinski definition) is 6. The van der Waals surface area contributed by atoms with Crippen LogP contribution in [-0.2, 0) is 17.9 Å². The van der Waals surface area contributed by atoms with Crippen LogP contribution in [0.2, 0.25) is 0 Å². The third-order valence-corrected chi connectivity index (χ3v) is 5.32. The predicted octanol–water partition coefficient (Wildman–Crippen LogP) is 2.61. The quantitative estimate of drug-likeness (QED) is 0.440. The molecule has 9 nitrogen and oxygen atoms in total. The Morgan fingerprint density at radius 3 is 2.53 bits per heavy atom. The van der Waals surface area contributed by atoms with Gasteiger partial charge in [0.15, 0.2) is 11.5 Å². The minimum Gasteiger partial charge on any atom is -0.496 e. The number of para-hydroxylation sites is 1. The monoisotopic (exact) mass is 436 g/mol. The van der Waals surface area contributed by atoms with E-state index in [2.05, 4.69) is 15.3 Å². The second kappa shape index (κ2) is 9.01. The Morgan fingerprint density at radius 1 is 1.06 bits per heavy atom. The molecule has 0 saturated carbocycles. The van der Waals surface area contributed by atoms with E-state index in [1.54, 1.807) is 33.5 Å². The first kappa shape index (κ1) is 21.2. The molecule has 2 heterocycles. The van der Waals surface area contributed by atoms with E-state index in [9.17, 15) is 9.59 Å². The molecule has 0 spiro atoms. The van der Waals surface area contributed by atoms with Crippen LogP contribution in [-0.4, -0.2) is 41.8 Å². The fraction of sp³-hybridized carbons (Fsp3) is 0.261. The summed E-state index contributed by atoms with van der Waals surface area (Å²) in [5.74, 6) is 1.65. The summed E-state index contributed by atoms with van der Waals surface area (Å²) in [6, 6.07) is 11.0. The summed E-state index contributed by atoms with van der Waals surface area (Å²) >= 11 is 0. The average molecular weight is 436 g/mol. The molecule has 0 bridgehead atoms. The van der Waals surface area contributed by atoms with Gasteiger partial charge in [0.05, 0.1) is 33.2 Å². The summed E-state index contributed by atoms with van der Waals surface area (Å²) in [5.41, 5.74) is 2.26. The molecule has 0 fully saturated rings. The van der Waals surface area contributed by atoms with Gasteiger partial charge in [-0.1, -0.05) is 18.2 Å². The zero-order valence-corrected chi connectivity index (χ0v) is 18.1. The van der Waals surface area contributed by atoms with Crippen LogP contribution in [0.3, 0.4) is 0 Å². The van der Waals surface area contributed by atoms with Gasteiger partial charge in [0, 0.05) is 36.5 Å². The highest BCUT2D eigenvalue weighted by molar-refractivity contribution is 6.05. The largest absolute Gasteiger partial charge is 0.496 e. The summed E-state index contributed by atoms with van der Waals surface area (Å²) in [6.45, 7) is 0.558. The maximum Gasteiger partial charge on any atom is 0.277 e. The van der Waals surface area contributed by atoms with Gasteiger partial charge in [0.25, 0.3) is 5.56 Å². The van der Waals surface area contributed by atoms with Gasteiger partial charge in [-0.2, -0.15) is 0 Å². The van der Waals surface area contributed by atoms with E-state index in [0.717, 1.165) is 16.5 Å². The summed E-state index contributed by atoms with van der Waals surface area (Å²) in [6.07, 6.45) is 1.60. The third-order valence-electron chi connectivity index (χ3n) is 5.32. The van der Waals surface area contributed by atoms with E-state index in [1.165, 1.54) is 10.9 Å². The standard InChI is InChI=1S/C23H24N4O5/c1-30-17-7-5-4-6-14(17)12-24-20(28)8-9-27-13-25-21-15-10-18(31-2)19(32-3)11-16(15)26-22(21)23(27)29/h4-7,10-11,13,26H,8-9,12H2,1-3H3,(H,24,28). The Hall–Kier alpha value is -4.01. The number of carbonyl (C=O) groups is 1. The van der Waals surface area contributed by atoms with Crippen molar-refractivity contribution in [1.29, 1.82) is 0 Å². The van der Waals surface area contributed by atoms with Gasteiger partial charge in [-0.05, 0) is 12.1 Å². The van der Waals surface area contributed by atoms with Crippen molar-refractivity contribution in [3.05, 3.63) is 58.6 Å². The van der Waals surface area contributed by atoms with E-state index < -0.39 is 0 Å². The van der Waals surface area contributed by atoms with Crippen LogP contribution in [0.15, 0.2) is 47.5 Å². The first-order valence-corrected chi connectivity index (χ1v) is 10.1. The molecule has 4 aromatic rings. The number of H-pyrrole nitrogens is 1. The van der Waals surface area contributed by atoms with Crippen molar-refractivity contribution < 1.29 is 19.0 Å². The SMILES string of the molecule is COc1ccccc1CNC(=O)CCn1cnc2c([nH]c3cc(OC)c(OC)cc32)c1=O. The number of nitrogens with zero attached hydrogens (tertiary/aromatic N) is 2. The van der Waals surface area contributed by atoms with Crippen LogP contribution < -0.4 is 25.1 Å². The number of benzene rings is 2. The molecule has 0 saturated heterocycles. The lowest BCUT2D eigenvalue weighted by molar-refractivity contribution is -0.121. The molecular weight excluding hydrogens is 412 g/mol. The molecule has 32 heavy (non-hydrogen) atoms. The van der Waals surface area contributed by atoms with Crippen molar-refractivity contribution in [1.82, 2.24) is 19.9 Å². The average Bonchev–Trinajstić information content (AvgIpc) is 3.19. The Morgan fingerprint density at radius 2 is 1.78 bits per heavy atom. The van der Waals surface area contributed by atoms with E-state index >= 15 is 0 Å². The molecule has 2 aromatic carbocycles. The Labute approximate surface area is 183 Å². The second-order valence-electron chi connectivity index (χ2n) is 7.18. The zero-order chi connectivity index (χ0) is 22.7. The lowest BCUT2D eigenvalue weighted by atomic mass is 10.2. The van der Waals surface area contributed by atoms with Gasteiger partial charge >= 0.3 is 0 Å². The molecule has 0 aliphatic rings. The van der Waals surface area contributed by atoms with Crippen LogP contribution in [0, 0.1) is 0 Å². The molecule has 0 atom stereocenters. The molecule has 0 unspecified atom stereocenters. The number of nitrogens with one attached hydrogen (secondary N) is 2. The highest BCUT2D eigenvalue weighted by Gasteiger charge is 2.15. The predicted molar refractivity (Wildman–Crippen MR) is 120 cm³/mol. The van der Waals surface area contributed by atoms with Gasteiger partial charge in [-0.3, -0.25) is 14.2 Å². The summed E-state index contributed by atoms with van der Waals surface area (Å²) < 4.78 is 17.4. The van der Waals surface area contributed by atoms with Crippen LogP contribution in [0.25, 0.3) is 21.9 Å². The minimum atomic E-state index is -0.248. The number of amides is 1. The first-order valence-electron chi connectivity index (χ1n) is 10.1. The van der Waals surface area contributed by atoms with Crippen LogP contribution in [0.4, 0.5) is 0 Å². The highest BCUT2D eigenvalue weighted by Crippen LogP contribution is 2.34. The maximum atomic E-state index is 13.0. The van der Waals surface area contributed by atoms with Crippen LogP contribution >= 0.6 is 0 Å². The molecule has 0 aliphatic heterocycles. The van der Waals surface area contributed by atoms with Gasteiger partial charge in [0.2, 0.25) is 5.91 Å². The first-order chi connectivity index (χ1) is 15.5. The van der Waals surface area contributed by atoms with E-state index in [1.807, 2.05) is 24.3 Å². The van der Waals surface area contributed by atoms with Crippen molar-refractivity contribution in [2.75, 3.05) is 21.3 Å². The molecule has 4 rings (SSSR count). The van der Waals surface area contributed by atoms with E-state index in [0.29, 0.717) is 34.8 Å². The number of ether oxygens (including phenoxy) is 3. The van der Waals surface area contributed by atoms with Crippen molar-refractivity contribution in [3.63, 3.8) is 0 Å². The van der Waals surface area contributed by atoms with Gasteiger partial charge in [0.1, 0.15) is 16.8 Å². The summed E-state index contributed by atoms with van der Waals surface area (Å²) in [5, 5.41) is 3.62. The Kier molecular flexibility index (Phi) is 5.98. The summed E-state index contributed by atoms with van der Waals surface area (Å²) in [7, 11) is 4.70. The number of fused-ring (bicyclic) bond motifs is 3. The Balaban J connectivity index is 1.51. The molecular formula is C23H24N4O5. The third kappa shape index (κ3) is 3.96. The molecule has 1 amide bonds. The number of carbonyl (C=O) groups excluding carboxylic acids is 1. The van der Waals surface area contributed by atoms with Crippen LogP contribution in [0.1, 0.15) is 12.0 Å². The number of aromatic nitrogens is 3. The number of aryl methyl sites for hydroxylation is 1. The topological polar surface area (TPSA) is 107 Å². The molecule has 166 valence electrons. The second-order valence-corrected chi connectivity index (χ2v) is 7.18.